The quantitative estimate of drug-likeness (QED) is 0.796. The van der Waals surface area contributed by atoms with E-state index in [9.17, 15) is 0 Å². The van der Waals surface area contributed by atoms with E-state index in [2.05, 4.69) is 4.98 Å². The lowest BCUT2D eigenvalue weighted by Gasteiger charge is -1.88. The zero-order valence-corrected chi connectivity index (χ0v) is 8.34. The minimum absolute atomic E-state index is 0.578. The van der Waals surface area contributed by atoms with Crippen LogP contribution in [0.25, 0.3) is 9.75 Å². The lowest BCUT2D eigenvalue weighted by molar-refractivity contribution is 1.43. The van der Waals surface area contributed by atoms with E-state index in [-0.39, 0.29) is 0 Å². The highest BCUT2D eigenvalue weighted by Gasteiger charge is 2.07. The van der Waals surface area contributed by atoms with Gasteiger partial charge in [-0.05, 0) is 11.4 Å². The van der Waals surface area contributed by atoms with Crippen molar-refractivity contribution in [1.29, 1.82) is 0 Å². The zero-order chi connectivity index (χ0) is 8.55. The van der Waals surface area contributed by atoms with Gasteiger partial charge in [-0.2, -0.15) is 0 Å². The van der Waals surface area contributed by atoms with Gasteiger partial charge in [0.25, 0.3) is 0 Å². The summed E-state index contributed by atoms with van der Waals surface area (Å²) in [5.41, 5.74) is 5.50. The first-order chi connectivity index (χ1) is 5.77. The normalized spacial score (nSPS) is 10.4. The number of aromatic nitrogens is 1. The van der Waals surface area contributed by atoms with Crippen molar-refractivity contribution in [2.45, 2.75) is 0 Å². The average Bonchev–Trinajstić information content (AvgIpc) is 2.58. The fourth-order valence-corrected chi connectivity index (χ4v) is 2.89. The standard InChI is InChI=1S/C7H5ClN2S2/c8-4-1-2-11-6(4)5-3-10-7(9)12-5/h1-3H,(H2,9,10). The van der Waals surface area contributed by atoms with Gasteiger partial charge in [0.05, 0.1) is 14.8 Å². The van der Waals surface area contributed by atoms with Gasteiger partial charge in [-0.25, -0.2) is 4.98 Å². The van der Waals surface area contributed by atoms with Crippen LogP contribution in [-0.4, -0.2) is 4.98 Å². The van der Waals surface area contributed by atoms with Crippen molar-refractivity contribution in [1.82, 2.24) is 4.98 Å². The predicted octanol–water partition coefficient (Wildman–Crippen LogP) is 3.11. The van der Waals surface area contributed by atoms with Gasteiger partial charge in [0.1, 0.15) is 0 Å². The molecule has 0 spiro atoms. The van der Waals surface area contributed by atoms with Gasteiger partial charge in [0.15, 0.2) is 5.13 Å². The summed E-state index contributed by atoms with van der Waals surface area (Å²) in [6.45, 7) is 0. The summed E-state index contributed by atoms with van der Waals surface area (Å²) in [7, 11) is 0. The van der Waals surface area contributed by atoms with E-state index in [1.807, 2.05) is 11.4 Å². The maximum Gasteiger partial charge on any atom is 0.180 e. The molecule has 0 saturated carbocycles. The van der Waals surface area contributed by atoms with E-state index >= 15 is 0 Å². The fraction of sp³-hybridized carbons (Fsp3) is 0. The Morgan fingerprint density at radius 2 is 2.33 bits per heavy atom. The number of thiophene rings is 1. The molecule has 5 heteroatoms. The van der Waals surface area contributed by atoms with Crippen LogP contribution < -0.4 is 5.73 Å². The summed E-state index contributed by atoms with van der Waals surface area (Å²) in [5.74, 6) is 0. The van der Waals surface area contributed by atoms with Crippen LogP contribution in [0.4, 0.5) is 5.13 Å². The predicted molar refractivity (Wildman–Crippen MR) is 54.8 cm³/mol. The third-order valence-electron chi connectivity index (χ3n) is 1.36. The number of hydrogen-bond acceptors (Lipinski definition) is 4. The molecule has 0 radical (unpaired) electrons. The van der Waals surface area contributed by atoms with E-state index in [1.165, 1.54) is 11.3 Å². The molecule has 2 aromatic heterocycles. The number of hydrogen-bond donors (Lipinski definition) is 1. The summed E-state index contributed by atoms with van der Waals surface area (Å²) < 4.78 is 0. The Balaban J connectivity index is 2.50. The minimum atomic E-state index is 0.578. The maximum absolute atomic E-state index is 5.93. The molecule has 2 N–H and O–H groups in total. The highest BCUT2D eigenvalue weighted by molar-refractivity contribution is 7.23. The summed E-state index contributed by atoms with van der Waals surface area (Å²) in [6, 6.07) is 1.87. The topological polar surface area (TPSA) is 38.9 Å². The molecule has 0 bridgehead atoms. The minimum Gasteiger partial charge on any atom is -0.375 e. The molecule has 2 rings (SSSR count). The van der Waals surface area contributed by atoms with Gasteiger partial charge < -0.3 is 5.73 Å². The lowest BCUT2D eigenvalue weighted by atomic mass is 10.4. The Hall–Kier alpha value is -0.580. The van der Waals surface area contributed by atoms with Gasteiger partial charge in [-0.3, -0.25) is 0 Å². The second-order valence-corrected chi connectivity index (χ2v) is 4.55. The summed E-state index contributed by atoms with van der Waals surface area (Å²) in [6.07, 6.45) is 1.75. The number of nitrogens with zero attached hydrogens (tertiary/aromatic N) is 1. The first-order valence-corrected chi connectivity index (χ1v) is 5.29. The van der Waals surface area contributed by atoms with Crippen molar-refractivity contribution in [2.24, 2.45) is 0 Å². The highest BCUT2D eigenvalue weighted by atomic mass is 35.5. The molecular weight excluding hydrogens is 212 g/mol. The second-order valence-electron chi connectivity index (χ2n) is 2.16. The SMILES string of the molecule is Nc1ncc(-c2sccc2Cl)s1. The van der Waals surface area contributed by atoms with Crippen LogP contribution in [-0.2, 0) is 0 Å². The number of nitrogens with two attached hydrogens (primary N) is 1. The first-order valence-electron chi connectivity index (χ1n) is 3.22. The van der Waals surface area contributed by atoms with Gasteiger partial charge >= 0.3 is 0 Å². The zero-order valence-electron chi connectivity index (χ0n) is 5.95. The molecule has 0 atom stereocenters. The van der Waals surface area contributed by atoms with Crippen LogP contribution in [0.2, 0.25) is 5.02 Å². The third kappa shape index (κ3) is 1.33. The largest absolute Gasteiger partial charge is 0.375 e. The van der Waals surface area contributed by atoms with E-state index in [1.54, 1.807) is 17.5 Å². The molecule has 0 aromatic carbocycles. The van der Waals surface area contributed by atoms with Crippen molar-refractivity contribution in [3.05, 3.63) is 22.7 Å². The lowest BCUT2D eigenvalue weighted by Crippen LogP contribution is -1.77. The van der Waals surface area contributed by atoms with Crippen LogP contribution >= 0.6 is 34.3 Å². The maximum atomic E-state index is 5.93. The van der Waals surface area contributed by atoms with Crippen LogP contribution in [0.1, 0.15) is 0 Å². The second kappa shape index (κ2) is 3.05. The highest BCUT2D eigenvalue weighted by Crippen LogP contribution is 2.36. The smallest absolute Gasteiger partial charge is 0.180 e. The molecule has 2 heterocycles. The molecule has 0 fully saturated rings. The molecule has 2 aromatic rings. The van der Waals surface area contributed by atoms with Crippen molar-refractivity contribution < 1.29 is 0 Å². The van der Waals surface area contributed by atoms with Crippen LogP contribution in [0.3, 0.4) is 0 Å². The monoisotopic (exact) mass is 216 g/mol. The van der Waals surface area contributed by atoms with Crippen LogP contribution in [0.15, 0.2) is 17.6 Å². The van der Waals surface area contributed by atoms with Crippen LogP contribution in [0, 0.1) is 0 Å². The van der Waals surface area contributed by atoms with Crippen LogP contribution in [0.5, 0.6) is 0 Å². The number of thiazole rings is 1. The van der Waals surface area contributed by atoms with E-state index in [0.29, 0.717) is 5.13 Å². The Bertz CT molecular complexity index is 394. The number of rotatable bonds is 1. The van der Waals surface area contributed by atoms with Crippen molar-refractivity contribution in [3.63, 3.8) is 0 Å². The molecule has 0 aliphatic carbocycles. The molecule has 0 aliphatic heterocycles. The molecular formula is C7H5ClN2S2. The van der Waals surface area contributed by atoms with E-state index in [0.717, 1.165) is 14.8 Å². The summed E-state index contributed by atoms with van der Waals surface area (Å²) in [4.78, 5) is 6.04. The van der Waals surface area contributed by atoms with Crippen molar-refractivity contribution in [3.8, 4) is 9.75 Å². The first kappa shape index (κ1) is 8.04. The molecule has 0 amide bonds. The molecule has 2 nitrogen and oxygen atoms in total. The Morgan fingerprint density at radius 1 is 1.50 bits per heavy atom. The summed E-state index contributed by atoms with van der Waals surface area (Å²) >= 11 is 8.98. The number of nitrogen functional groups attached to an aromatic ring is 1. The Kier molecular flexibility index (Phi) is 2.04. The van der Waals surface area contributed by atoms with E-state index in [4.69, 9.17) is 17.3 Å². The van der Waals surface area contributed by atoms with Gasteiger partial charge in [0, 0.05) is 6.20 Å². The van der Waals surface area contributed by atoms with Gasteiger partial charge in [0.2, 0.25) is 0 Å². The average molecular weight is 217 g/mol. The molecule has 0 saturated heterocycles. The van der Waals surface area contributed by atoms with Crippen molar-refractivity contribution >= 4 is 39.4 Å². The molecule has 12 heavy (non-hydrogen) atoms. The molecule has 62 valence electrons. The van der Waals surface area contributed by atoms with E-state index < -0.39 is 0 Å². The number of halogens is 1. The third-order valence-corrected chi connectivity index (χ3v) is 3.71. The Morgan fingerprint density at radius 3 is 2.83 bits per heavy atom. The van der Waals surface area contributed by atoms with Crippen molar-refractivity contribution in [2.75, 3.05) is 5.73 Å². The summed E-state index contributed by atoms with van der Waals surface area (Å²) in [5, 5.41) is 3.30. The van der Waals surface area contributed by atoms with Gasteiger partial charge in [-0.1, -0.05) is 22.9 Å². The molecule has 0 unspecified atom stereocenters. The fourth-order valence-electron chi connectivity index (χ4n) is 0.862. The Labute approximate surface area is 82.6 Å². The number of anilines is 1. The van der Waals surface area contributed by atoms with Gasteiger partial charge in [-0.15, -0.1) is 11.3 Å². The molecule has 0 aliphatic rings.